The molecule has 0 amide bonds. The highest BCUT2D eigenvalue weighted by Gasteiger charge is 2.31. The first-order valence-electron chi connectivity index (χ1n) is 10.2. The molecule has 5 rings (SSSR count). The Morgan fingerprint density at radius 2 is 1.90 bits per heavy atom. The summed E-state index contributed by atoms with van der Waals surface area (Å²) >= 11 is 0. The molecule has 1 aliphatic heterocycles. The number of nitrogens with zero attached hydrogens (tertiary/aromatic N) is 2. The van der Waals surface area contributed by atoms with Crippen LogP contribution in [-0.4, -0.2) is 15.8 Å². The zero-order chi connectivity index (χ0) is 20.7. The lowest BCUT2D eigenvalue weighted by Gasteiger charge is -2.34. The monoisotopic (exact) mass is 400 g/mol. The molecule has 1 aromatic heterocycles. The lowest BCUT2D eigenvalue weighted by atomic mass is 9.88. The summed E-state index contributed by atoms with van der Waals surface area (Å²) in [7, 11) is 0. The molecular weight excluding hydrogens is 376 g/mol. The van der Waals surface area contributed by atoms with Gasteiger partial charge >= 0.3 is 0 Å². The Morgan fingerprint density at radius 1 is 1.07 bits per heavy atom. The standard InChI is InChI=1S/C25H24N2O3/c1-16-7-9-17(10-8-16)14-28-22-6-4-5-18-20(22)13-21(24-27-26-15-29-24)19-11-12-25(2,3)30-23(18)19/h4-10,13,15H,11-12,14H2,1-3H3. The number of benzene rings is 3. The van der Waals surface area contributed by atoms with Gasteiger partial charge in [-0.15, -0.1) is 10.2 Å². The molecule has 0 bridgehead atoms. The van der Waals surface area contributed by atoms with Gasteiger partial charge in [0.05, 0.1) is 0 Å². The first kappa shape index (κ1) is 18.7. The van der Waals surface area contributed by atoms with Crippen molar-refractivity contribution in [1.82, 2.24) is 10.2 Å². The zero-order valence-electron chi connectivity index (χ0n) is 17.4. The van der Waals surface area contributed by atoms with E-state index in [1.165, 1.54) is 12.0 Å². The van der Waals surface area contributed by atoms with Gasteiger partial charge in [-0.2, -0.15) is 0 Å². The summed E-state index contributed by atoms with van der Waals surface area (Å²) in [6, 6.07) is 16.6. The molecule has 0 spiro atoms. The van der Waals surface area contributed by atoms with E-state index in [2.05, 4.69) is 67.4 Å². The van der Waals surface area contributed by atoms with Crippen molar-refractivity contribution >= 4 is 10.8 Å². The van der Waals surface area contributed by atoms with Crippen molar-refractivity contribution in [3.05, 3.63) is 71.6 Å². The number of rotatable bonds is 4. The third kappa shape index (κ3) is 3.41. The fraction of sp³-hybridized carbons (Fsp3) is 0.280. The minimum Gasteiger partial charge on any atom is -0.488 e. The van der Waals surface area contributed by atoms with Gasteiger partial charge in [0, 0.05) is 21.9 Å². The summed E-state index contributed by atoms with van der Waals surface area (Å²) in [5.74, 6) is 2.20. The molecule has 2 heterocycles. The van der Waals surface area contributed by atoms with Gasteiger partial charge in [-0.05, 0) is 51.3 Å². The van der Waals surface area contributed by atoms with Gasteiger partial charge in [-0.3, -0.25) is 0 Å². The molecule has 0 saturated carbocycles. The molecule has 0 N–H and O–H groups in total. The van der Waals surface area contributed by atoms with E-state index in [1.54, 1.807) is 0 Å². The maximum absolute atomic E-state index is 6.46. The van der Waals surface area contributed by atoms with Crippen LogP contribution in [0.3, 0.4) is 0 Å². The normalized spacial score (nSPS) is 14.9. The van der Waals surface area contributed by atoms with Gasteiger partial charge in [-0.1, -0.05) is 42.0 Å². The van der Waals surface area contributed by atoms with Gasteiger partial charge in [0.25, 0.3) is 0 Å². The van der Waals surface area contributed by atoms with Crippen LogP contribution in [0.5, 0.6) is 11.5 Å². The highest BCUT2D eigenvalue weighted by atomic mass is 16.5. The van der Waals surface area contributed by atoms with Crippen LogP contribution in [-0.2, 0) is 13.0 Å². The molecule has 0 unspecified atom stereocenters. The number of aromatic nitrogens is 2. The fourth-order valence-corrected chi connectivity index (χ4v) is 3.98. The quantitative estimate of drug-likeness (QED) is 0.428. The highest BCUT2D eigenvalue weighted by molar-refractivity contribution is 5.98. The summed E-state index contributed by atoms with van der Waals surface area (Å²) in [5, 5.41) is 10.1. The minimum atomic E-state index is -0.230. The van der Waals surface area contributed by atoms with E-state index in [-0.39, 0.29) is 5.60 Å². The van der Waals surface area contributed by atoms with Gasteiger partial charge in [0.2, 0.25) is 12.3 Å². The molecule has 0 atom stereocenters. The summed E-state index contributed by atoms with van der Waals surface area (Å²) in [4.78, 5) is 0. The van der Waals surface area contributed by atoms with Crippen LogP contribution in [0.2, 0.25) is 0 Å². The molecule has 4 aromatic rings. The highest BCUT2D eigenvalue weighted by Crippen LogP contribution is 2.45. The van der Waals surface area contributed by atoms with Crippen molar-refractivity contribution in [3.63, 3.8) is 0 Å². The van der Waals surface area contributed by atoms with Crippen LogP contribution in [0, 0.1) is 6.92 Å². The Hall–Kier alpha value is -3.34. The average molecular weight is 400 g/mol. The van der Waals surface area contributed by atoms with Gasteiger partial charge < -0.3 is 13.9 Å². The van der Waals surface area contributed by atoms with Gasteiger partial charge in [0.1, 0.15) is 23.7 Å². The second-order valence-corrected chi connectivity index (χ2v) is 8.46. The topological polar surface area (TPSA) is 57.4 Å². The Labute approximate surface area is 175 Å². The molecule has 0 saturated heterocycles. The summed E-state index contributed by atoms with van der Waals surface area (Å²) in [6.45, 7) is 6.83. The zero-order valence-corrected chi connectivity index (χ0v) is 17.4. The van der Waals surface area contributed by atoms with Crippen molar-refractivity contribution in [3.8, 4) is 23.0 Å². The predicted molar refractivity (Wildman–Crippen MR) is 116 cm³/mol. The van der Waals surface area contributed by atoms with Crippen molar-refractivity contribution < 1.29 is 13.9 Å². The van der Waals surface area contributed by atoms with E-state index in [0.29, 0.717) is 12.5 Å². The molecule has 152 valence electrons. The van der Waals surface area contributed by atoms with Crippen LogP contribution < -0.4 is 9.47 Å². The van der Waals surface area contributed by atoms with Crippen LogP contribution in [0.4, 0.5) is 0 Å². The van der Waals surface area contributed by atoms with E-state index in [0.717, 1.165) is 51.8 Å². The molecule has 1 aliphatic rings. The number of aryl methyl sites for hydroxylation is 1. The average Bonchev–Trinajstić information content (AvgIpc) is 3.27. The van der Waals surface area contributed by atoms with Crippen molar-refractivity contribution in [1.29, 1.82) is 0 Å². The molecular formula is C25H24N2O3. The first-order chi connectivity index (χ1) is 14.5. The molecule has 5 nitrogen and oxygen atoms in total. The maximum atomic E-state index is 6.46. The number of ether oxygens (including phenoxy) is 2. The maximum Gasteiger partial charge on any atom is 0.247 e. The van der Waals surface area contributed by atoms with Gasteiger partial charge in [0.15, 0.2) is 0 Å². The molecule has 0 fully saturated rings. The van der Waals surface area contributed by atoms with E-state index in [9.17, 15) is 0 Å². The molecule has 3 aromatic carbocycles. The van der Waals surface area contributed by atoms with E-state index in [4.69, 9.17) is 13.9 Å². The minimum absolute atomic E-state index is 0.230. The second-order valence-electron chi connectivity index (χ2n) is 8.46. The SMILES string of the molecule is Cc1ccc(COc2cccc3c4c(c(-c5nnco5)cc23)CCC(C)(C)O4)cc1. The lowest BCUT2D eigenvalue weighted by molar-refractivity contribution is 0.0870. The van der Waals surface area contributed by atoms with Crippen molar-refractivity contribution in [2.75, 3.05) is 0 Å². The molecule has 5 heteroatoms. The van der Waals surface area contributed by atoms with Crippen molar-refractivity contribution in [2.24, 2.45) is 0 Å². The molecule has 30 heavy (non-hydrogen) atoms. The number of hydrogen-bond acceptors (Lipinski definition) is 5. The Morgan fingerprint density at radius 3 is 2.67 bits per heavy atom. The summed E-state index contributed by atoms with van der Waals surface area (Å²) < 4.78 is 18.2. The first-order valence-corrected chi connectivity index (χ1v) is 10.2. The lowest BCUT2D eigenvalue weighted by Crippen LogP contribution is -2.33. The smallest absolute Gasteiger partial charge is 0.247 e. The Balaban J connectivity index is 1.62. The number of hydrogen-bond donors (Lipinski definition) is 0. The third-order valence-electron chi connectivity index (χ3n) is 5.66. The predicted octanol–water partition coefficient (Wildman–Crippen LogP) is 5.88. The fourth-order valence-electron chi connectivity index (χ4n) is 3.98. The number of fused-ring (bicyclic) bond motifs is 3. The third-order valence-corrected chi connectivity index (χ3v) is 5.66. The van der Waals surface area contributed by atoms with Gasteiger partial charge in [-0.25, -0.2) is 0 Å². The second kappa shape index (κ2) is 7.17. The van der Waals surface area contributed by atoms with E-state index in [1.807, 2.05) is 12.1 Å². The van der Waals surface area contributed by atoms with Crippen LogP contribution in [0.15, 0.2) is 59.3 Å². The van der Waals surface area contributed by atoms with Crippen molar-refractivity contribution in [2.45, 2.75) is 45.8 Å². The van der Waals surface area contributed by atoms with E-state index >= 15 is 0 Å². The Kier molecular flexibility index (Phi) is 4.46. The molecule has 0 radical (unpaired) electrons. The van der Waals surface area contributed by atoms with E-state index < -0.39 is 0 Å². The van der Waals surface area contributed by atoms with Crippen LogP contribution in [0.1, 0.15) is 37.0 Å². The summed E-state index contributed by atoms with van der Waals surface area (Å²) in [5.41, 5.74) is 4.16. The summed E-state index contributed by atoms with van der Waals surface area (Å²) in [6.07, 6.45) is 3.18. The largest absolute Gasteiger partial charge is 0.488 e. The van der Waals surface area contributed by atoms with Crippen LogP contribution in [0.25, 0.3) is 22.2 Å². The Bertz CT molecular complexity index is 1200. The van der Waals surface area contributed by atoms with Crippen LogP contribution >= 0.6 is 0 Å². The molecule has 0 aliphatic carbocycles.